The highest BCUT2D eigenvalue weighted by Crippen LogP contribution is 2.24. The summed E-state index contributed by atoms with van der Waals surface area (Å²) in [6.07, 6.45) is 0. The number of benzene rings is 1. The zero-order valence-electron chi connectivity index (χ0n) is 7.78. The SMILES string of the molecule is Cc1nc(S)nn1-c1ccc(Cl)cc1Cl. The third-order valence-electron chi connectivity index (χ3n) is 1.90. The number of aryl methyl sites for hydroxylation is 1. The Bertz CT molecular complexity index is 510. The summed E-state index contributed by atoms with van der Waals surface area (Å²) < 4.78 is 1.63. The Morgan fingerprint density at radius 2 is 2.07 bits per heavy atom. The fraction of sp³-hybridized carbons (Fsp3) is 0.111. The molecule has 3 nitrogen and oxygen atoms in total. The predicted molar refractivity (Wildman–Crippen MR) is 63.4 cm³/mol. The molecule has 0 unspecified atom stereocenters. The summed E-state index contributed by atoms with van der Waals surface area (Å²) in [7, 11) is 0. The highest BCUT2D eigenvalue weighted by atomic mass is 35.5. The summed E-state index contributed by atoms with van der Waals surface area (Å²) in [6, 6.07) is 5.21. The molecule has 15 heavy (non-hydrogen) atoms. The molecule has 0 aliphatic carbocycles. The molecule has 0 radical (unpaired) electrons. The number of hydrogen-bond acceptors (Lipinski definition) is 3. The minimum Gasteiger partial charge on any atom is -0.215 e. The second kappa shape index (κ2) is 4.04. The third kappa shape index (κ3) is 2.12. The lowest BCUT2D eigenvalue weighted by Gasteiger charge is -2.05. The van der Waals surface area contributed by atoms with Crippen LogP contribution in [-0.2, 0) is 0 Å². The van der Waals surface area contributed by atoms with E-state index in [-0.39, 0.29) is 0 Å². The van der Waals surface area contributed by atoms with Crippen LogP contribution < -0.4 is 0 Å². The molecule has 0 bridgehead atoms. The van der Waals surface area contributed by atoms with Gasteiger partial charge in [0.15, 0.2) is 0 Å². The fourth-order valence-corrected chi connectivity index (χ4v) is 1.98. The van der Waals surface area contributed by atoms with E-state index >= 15 is 0 Å². The maximum atomic E-state index is 6.05. The van der Waals surface area contributed by atoms with Crippen LogP contribution in [0.1, 0.15) is 5.82 Å². The first kappa shape index (κ1) is 10.8. The van der Waals surface area contributed by atoms with Crippen molar-refractivity contribution in [2.24, 2.45) is 0 Å². The van der Waals surface area contributed by atoms with Crippen molar-refractivity contribution < 1.29 is 0 Å². The summed E-state index contributed by atoms with van der Waals surface area (Å²) in [4.78, 5) is 4.08. The average molecular weight is 260 g/mol. The van der Waals surface area contributed by atoms with Crippen molar-refractivity contribution >= 4 is 35.8 Å². The minimum atomic E-state index is 0.415. The van der Waals surface area contributed by atoms with Crippen LogP contribution >= 0.6 is 35.8 Å². The lowest BCUT2D eigenvalue weighted by atomic mass is 10.3. The number of halogens is 2. The van der Waals surface area contributed by atoms with Crippen molar-refractivity contribution in [1.82, 2.24) is 14.8 Å². The normalized spacial score (nSPS) is 10.7. The van der Waals surface area contributed by atoms with Gasteiger partial charge in [0.25, 0.3) is 0 Å². The first-order valence-corrected chi connectivity index (χ1v) is 5.36. The van der Waals surface area contributed by atoms with E-state index in [2.05, 4.69) is 22.7 Å². The Morgan fingerprint density at radius 3 is 2.60 bits per heavy atom. The second-order valence-electron chi connectivity index (χ2n) is 2.97. The number of rotatable bonds is 1. The smallest absolute Gasteiger partial charge is 0.206 e. The van der Waals surface area contributed by atoms with E-state index in [1.54, 1.807) is 22.9 Å². The van der Waals surface area contributed by atoms with Crippen LogP contribution in [0.2, 0.25) is 10.0 Å². The van der Waals surface area contributed by atoms with Crippen molar-refractivity contribution in [2.75, 3.05) is 0 Å². The molecular weight excluding hydrogens is 253 g/mol. The summed E-state index contributed by atoms with van der Waals surface area (Å²) in [5.74, 6) is 0.726. The summed E-state index contributed by atoms with van der Waals surface area (Å²) in [5.41, 5.74) is 0.742. The fourth-order valence-electron chi connectivity index (χ4n) is 1.26. The summed E-state index contributed by atoms with van der Waals surface area (Å²) in [5, 5.41) is 5.65. The molecule has 2 aromatic rings. The van der Waals surface area contributed by atoms with Crippen molar-refractivity contribution in [1.29, 1.82) is 0 Å². The number of hydrogen-bond donors (Lipinski definition) is 1. The molecule has 0 N–H and O–H groups in total. The van der Waals surface area contributed by atoms with Crippen LogP contribution in [0.4, 0.5) is 0 Å². The summed E-state index contributed by atoms with van der Waals surface area (Å²) in [6.45, 7) is 1.83. The first-order valence-electron chi connectivity index (χ1n) is 4.16. The Hall–Kier alpha value is -0.710. The van der Waals surface area contributed by atoms with Gasteiger partial charge < -0.3 is 0 Å². The molecule has 0 aliphatic heterocycles. The molecule has 0 atom stereocenters. The lowest BCUT2D eigenvalue weighted by molar-refractivity contribution is 0.815. The Balaban J connectivity index is 2.59. The molecule has 1 aromatic heterocycles. The summed E-state index contributed by atoms with van der Waals surface area (Å²) >= 11 is 15.9. The van der Waals surface area contributed by atoms with E-state index in [4.69, 9.17) is 23.2 Å². The van der Waals surface area contributed by atoms with E-state index < -0.39 is 0 Å². The van der Waals surface area contributed by atoms with E-state index in [0.29, 0.717) is 15.2 Å². The standard InChI is InChI=1S/C9H7Cl2N3S/c1-5-12-9(15)13-14(5)8-3-2-6(10)4-7(8)11/h2-4H,1H3,(H,13,15). The Kier molecular flexibility index (Phi) is 2.91. The monoisotopic (exact) mass is 259 g/mol. The highest BCUT2D eigenvalue weighted by Gasteiger charge is 2.09. The van der Waals surface area contributed by atoms with Crippen molar-refractivity contribution in [3.05, 3.63) is 34.1 Å². The third-order valence-corrected chi connectivity index (χ3v) is 2.62. The molecular formula is C9H7Cl2N3S. The zero-order valence-corrected chi connectivity index (χ0v) is 10.2. The molecule has 0 spiro atoms. The lowest BCUT2D eigenvalue weighted by Crippen LogP contribution is -1.99. The maximum Gasteiger partial charge on any atom is 0.206 e. The van der Waals surface area contributed by atoms with Crippen LogP contribution in [0.5, 0.6) is 0 Å². The van der Waals surface area contributed by atoms with Gasteiger partial charge in [-0.2, -0.15) is 0 Å². The first-order chi connectivity index (χ1) is 7.08. The molecule has 1 aromatic carbocycles. The van der Waals surface area contributed by atoms with E-state index in [9.17, 15) is 0 Å². The van der Waals surface area contributed by atoms with Crippen LogP contribution in [0.15, 0.2) is 23.4 Å². The quantitative estimate of drug-likeness (QED) is 0.798. The van der Waals surface area contributed by atoms with Gasteiger partial charge in [-0.3, -0.25) is 0 Å². The number of nitrogens with zero attached hydrogens (tertiary/aromatic N) is 3. The van der Waals surface area contributed by atoms with Gasteiger partial charge in [0.05, 0.1) is 10.7 Å². The molecule has 6 heteroatoms. The van der Waals surface area contributed by atoms with Gasteiger partial charge in [-0.05, 0) is 25.1 Å². The molecule has 78 valence electrons. The van der Waals surface area contributed by atoms with Gasteiger partial charge >= 0.3 is 0 Å². The molecule has 0 fully saturated rings. The highest BCUT2D eigenvalue weighted by molar-refractivity contribution is 7.80. The van der Waals surface area contributed by atoms with Gasteiger partial charge in [-0.15, -0.1) is 17.7 Å². The molecule has 0 saturated heterocycles. The molecule has 2 rings (SSSR count). The average Bonchev–Trinajstić information content (AvgIpc) is 2.45. The van der Waals surface area contributed by atoms with Gasteiger partial charge in [-0.1, -0.05) is 23.2 Å². The van der Waals surface area contributed by atoms with Crippen LogP contribution in [0, 0.1) is 6.92 Å². The van der Waals surface area contributed by atoms with Crippen molar-refractivity contribution in [3.63, 3.8) is 0 Å². The number of thiol groups is 1. The van der Waals surface area contributed by atoms with Crippen molar-refractivity contribution in [2.45, 2.75) is 12.1 Å². The maximum absolute atomic E-state index is 6.05. The minimum absolute atomic E-state index is 0.415. The van der Waals surface area contributed by atoms with E-state index in [1.807, 2.05) is 6.92 Å². The Labute approximate surface area is 102 Å². The molecule has 0 saturated carbocycles. The van der Waals surface area contributed by atoms with Crippen LogP contribution in [0.25, 0.3) is 5.69 Å². The zero-order chi connectivity index (χ0) is 11.0. The predicted octanol–water partition coefficient (Wildman–Crippen LogP) is 3.17. The largest absolute Gasteiger partial charge is 0.215 e. The van der Waals surface area contributed by atoms with Gasteiger partial charge in [0, 0.05) is 5.02 Å². The van der Waals surface area contributed by atoms with E-state index in [0.717, 1.165) is 11.5 Å². The Morgan fingerprint density at radius 1 is 1.33 bits per heavy atom. The topological polar surface area (TPSA) is 30.7 Å². The van der Waals surface area contributed by atoms with Gasteiger partial charge in [-0.25, -0.2) is 9.67 Å². The molecule has 0 amide bonds. The second-order valence-corrected chi connectivity index (χ2v) is 4.21. The van der Waals surface area contributed by atoms with E-state index in [1.165, 1.54) is 0 Å². The molecule has 1 heterocycles. The van der Waals surface area contributed by atoms with Crippen LogP contribution in [-0.4, -0.2) is 14.8 Å². The van der Waals surface area contributed by atoms with Crippen LogP contribution in [0.3, 0.4) is 0 Å². The number of aromatic nitrogens is 3. The van der Waals surface area contributed by atoms with Crippen molar-refractivity contribution in [3.8, 4) is 5.69 Å². The van der Waals surface area contributed by atoms with Gasteiger partial charge in [0.1, 0.15) is 5.82 Å². The van der Waals surface area contributed by atoms with Gasteiger partial charge in [0.2, 0.25) is 5.16 Å². The molecule has 0 aliphatic rings.